The van der Waals surface area contributed by atoms with E-state index in [4.69, 9.17) is 0 Å². The first-order valence-electron chi connectivity index (χ1n) is 11.6. The first-order chi connectivity index (χ1) is 15.1. The Morgan fingerprint density at radius 1 is 0.903 bits per heavy atom. The van der Waals surface area contributed by atoms with Crippen LogP contribution >= 0.6 is 0 Å². The molecule has 0 spiro atoms. The van der Waals surface area contributed by atoms with E-state index in [1.165, 1.54) is 18.9 Å². The van der Waals surface area contributed by atoms with Gasteiger partial charge in [0.15, 0.2) is 5.78 Å². The predicted molar refractivity (Wildman–Crippen MR) is 122 cm³/mol. The molecule has 4 rings (SSSR count). The minimum Gasteiger partial charge on any atom is -0.494 e. The zero-order valence-electron chi connectivity index (χ0n) is 18.1. The van der Waals surface area contributed by atoms with Crippen LogP contribution in [0, 0.1) is 0 Å². The van der Waals surface area contributed by atoms with E-state index < -0.39 is 11.7 Å². The molecule has 0 aromatic heterocycles. The van der Waals surface area contributed by atoms with Gasteiger partial charge in [0.1, 0.15) is 11.4 Å². The summed E-state index contributed by atoms with van der Waals surface area (Å²) >= 11 is 0. The molecular weight excluding hydrogens is 388 g/mol. The number of amides is 1. The molecule has 0 radical (unpaired) electrons. The number of rotatable bonds is 5. The van der Waals surface area contributed by atoms with Crippen molar-refractivity contribution in [1.82, 2.24) is 9.80 Å². The van der Waals surface area contributed by atoms with E-state index >= 15 is 0 Å². The van der Waals surface area contributed by atoms with Crippen LogP contribution in [0.25, 0.3) is 6.08 Å². The normalized spacial score (nSPS) is 21.9. The van der Waals surface area contributed by atoms with E-state index in [1.807, 2.05) is 30.3 Å². The first-order valence-corrected chi connectivity index (χ1v) is 11.6. The van der Waals surface area contributed by atoms with E-state index in [2.05, 4.69) is 6.58 Å². The third kappa shape index (κ3) is 4.46. The summed E-state index contributed by atoms with van der Waals surface area (Å²) in [5, 5.41) is 11.1. The molecule has 5 heteroatoms. The van der Waals surface area contributed by atoms with Gasteiger partial charge in [-0.2, -0.15) is 0 Å². The molecule has 2 aliphatic carbocycles. The van der Waals surface area contributed by atoms with Crippen LogP contribution in [-0.2, 0) is 9.59 Å². The van der Waals surface area contributed by atoms with Crippen LogP contribution in [-0.4, -0.2) is 38.7 Å². The number of aliphatic hydroxyl groups excluding tert-OH is 1. The Bertz CT molecular complexity index is 890. The number of aliphatic hydroxyl groups is 1. The molecule has 1 heterocycles. The molecule has 0 unspecified atom stereocenters. The molecule has 0 saturated heterocycles. The van der Waals surface area contributed by atoms with E-state index in [9.17, 15) is 14.7 Å². The van der Waals surface area contributed by atoms with Gasteiger partial charge < -0.3 is 5.11 Å². The summed E-state index contributed by atoms with van der Waals surface area (Å²) in [6, 6.07) is 9.60. The molecule has 0 bridgehead atoms. The molecule has 1 aliphatic heterocycles. The molecule has 1 aromatic rings. The Morgan fingerprint density at radius 2 is 1.45 bits per heavy atom. The van der Waals surface area contributed by atoms with Gasteiger partial charge in [0, 0.05) is 12.1 Å². The fraction of sp³-hybridized carbons (Fsp3) is 0.462. The predicted octanol–water partition coefficient (Wildman–Crippen LogP) is 5.32. The number of carbonyl (C=O) groups excluding carboxylic acids is 2. The number of hydrogen-bond acceptors (Lipinski definition) is 4. The Hall–Kier alpha value is -2.82. The summed E-state index contributed by atoms with van der Waals surface area (Å²) in [5.41, 5.74) is 0.743. The van der Waals surface area contributed by atoms with Crippen molar-refractivity contribution < 1.29 is 14.7 Å². The highest BCUT2D eigenvalue weighted by molar-refractivity contribution is 6.25. The Labute approximate surface area is 184 Å². The largest absolute Gasteiger partial charge is 0.494 e. The van der Waals surface area contributed by atoms with Crippen LogP contribution in [0.5, 0.6) is 0 Å². The second-order valence-electron chi connectivity index (χ2n) is 8.85. The van der Waals surface area contributed by atoms with Gasteiger partial charge in [0.25, 0.3) is 5.91 Å². The van der Waals surface area contributed by atoms with Gasteiger partial charge in [-0.15, -0.1) is 0 Å². The Morgan fingerprint density at radius 3 is 2.03 bits per heavy atom. The van der Waals surface area contributed by atoms with Crippen molar-refractivity contribution >= 4 is 17.8 Å². The quantitative estimate of drug-likeness (QED) is 0.517. The van der Waals surface area contributed by atoms with Gasteiger partial charge in [-0.05, 0) is 37.3 Å². The van der Waals surface area contributed by atoms with Gasteiger partial charge in [0.05, 0.1) is 0 Å². The van der Waals surface area contributed by atoms with Gasteiger partial charge in [-0.25, -0.2) is 0 Å². The lowest BCUT2D eigenvalue weighted by Crippen LogP contribution is -2.53. The molecule has 31 heavy (non-hydrogen) atoms. The van der Waals surface area contributed by atoms with Crippen molar-refractivity contribution in [2.75, 3.05) is 0 Å². The summed E-state index contributed by atoms with van der Waals surface area (Å²) in [6.07, 6.45) is 13.4. The second-order valence-corrected chi connectivity index (χ2v) is 8.85. The standard InChI is InChI=1S/C26H32N2O3/c1-19-27(21-13-7-3-8-14-21)25(30)24(23(29)18-17-20-11-5-2-6-12-20)26(31)28(19)22-15-9-4-10-16-22/h2,5-6,11-12,17-18,21-22,30H,1,3-4,7-10,13-16H2/b18-17+. The number of benzene rings is 1. The number of nitrogens with zero attached hydrogens (tertiary/aromatic N) is 2. The number of allylic oxidation sites excluding steroid dienone is 1. The second kappa shape index (κ2) is 9.54. The maximum Gasteiger partial charge on any atom is 0.269 e. The number of hydrogen-bond donors (Lipinski definition) is 1. The summed E-state index contributed by atoms with van der Waals surface area (Å²) in [6.45, 7) is 4.22. The van der Waals surface area contributed by atoms with Crippen molar-refractivity contribution in [3.63, 3.8) is 0 Å². The first kappa shape index (κ1) is 21.4. The van der Waals surface area contributed by atoms with Crippen LogP contribution in [0.2, 0.25) is 0 Å². The fourth-order valence-corrected chi connectivity index (χ4v) is 5.17. The van der Waals surface area contributed by atoms with Crippen molar-refractivity contribution in [3.8, 4) is 0 Å². The Kier molecular flexibility index (Phi) is 6.59. The molecule has 2 fully saturated rings. The van der Waals surface area contributed by atoms with Crippen molar-refractivity contribution in [2.45, 2.75) is 76.3 Å². The molecule has 1 amide bonds. The van der Waals surface area contributed by atoms with Crippen LogP contribution in [0.1, 0.15) is 69.8 Å². The SMILES string of the molecule is C=C1N(C2CCCCC2)C(=O)C(C(=O)/C=C/c2ccccc2)=C(O)N1C1CCCCC1. The average molecular weight is 421 g/mol. The summed E-state index contributed by atoms with van der Waals surface area (Å²) in [4.78, 5) is 30.1. The van der Waals surface area contributed by atoms with Gasteiger partial charge in [0.2, 0.25) is 5.88 Å². The summed E-state index contributed by atoms with van der Waals surface area (Å²) in [7, 11) is 0. The summed E-state index contributed by atoms with van der Waals surface area (Å²) < 4.78 is 0. The Balaban J connectivity index is 1.69. The van der Waals surface area contributed by atoms with E-state index in [0.29, 0.717) is 5.82 Å². The molecule has 0 atom stereocenters. The van der Waals surface area contributed by atoms with Crippen LogP contribution in [0.3, 0.4) is 0 Å². The third-order valence-electron chi connectivity index (χ3n) is 6.79. The molecule has 164 valence electrons. The molecule has 1 N–H and O–H groups in total. The number of ketones is 1. The van der Waals surface area contributed by atoms with E-state index in [1.54, 1.807) is 15.9 Å². The van der Waals surface area contributed by atoms with Gasteiger partial charge in [-0.3, -0.25) is 19.4 Å². The molecular formula is C26H32N2O3. The lowest BCUT2D eigenvalue weighted by atomic mass is 9.90. The van der Waals surface area contributed by atoms with Crippen LogP contribution < -0.4 is 0 Å². The molecule has 5 nitrogen and oxygen atoms in total. The van der Waals surface area contributed by atoms with Gasteiger partial charge in [-0.1, -0.05) is 81.5 Å². The lowest BCUT2D eigenvalue weighted by molar-refractivity contribution is -0.133. The highest BCUT2D eigenvalue weighted by atomic mass is 16.3. The van der Waals surface area contributed by atoms with Crippen LogP contribution in [0.4, 0.5) is 0 Å². The summed E-state index contributed by atoms with van der Waals surface area (Å²) in [5.74, 6) is -0.564. The third-order valence-corrected chi connectivity index (χ3v) is 6.79. The monoisotopic (exact) mass is 420 g/mol. The highest BCUT2D eigenvalue weighted by Gasteiger charge is 2.43. The lowest BCUT2D eigenvalue weighted by Gasteiger charge is -2.46. The fourth-order valence-electron chi connectivity index (χ4n) is 5.17. The maximum absolute atomic E-state index is 13.5. The van der Waals surface area contributed by atoms with E-state index in [-0.39, 0.29) is 23.5 Å². The number of carbonyl (C=O) groups is 2. The topological polar surface area (TPSA) is 60.9 Å². The van der Waals surface area contributed by atoms with Crippen molar-refractivity contribution in [2.24, 2.45) is 0 Å². The van der Waals surface area contributed by atoms with Crippen molar-refractivity contribution in [3.05, 3.63) is 65.8 Å². The maximum atomic E-state index is 13.5. The van der Waals surface area contributed by atoms with Crippen LogP contribution in [0.15, 0.2) is 60.3 Å². The minimum absolute atomic E-state index is 0.0360. The van der Waals surface area contributed by atoms with Crippen molar-refractivity contribution in [1.29, 1.82) is 0 Å². The van der Waals surface area contributed by atoms with E-state index in [0.717, 1.165) is 56.9 Å². The molecule has 1 aromatic carbocycles. The highest BCUT2D eigenvalue weighted by Crippen LogP contribution is 2.37. The molecule has 3 aliphatic rings. The molecule has 2 saturated carbocycles. The van der Waals surface area contributed by atoms with Gasteiger partial charge >= 0.3 is 0 Å². The minimum atomic E-state index is -0.458. The smallest absolute Gasteiger partial charge is 0.269 e. The zero-order valence-corrected chi connectivity index (χ0v) is 18.1. The zero-order chi connectivity index (χ0) is 21.8. The average Bonchev–Trinajstić information content (AvgIpc) is 2.80.